The smallest absolute Gasteiger partial charge is 0.357 e. The van der Waals surface area contributed by atoms with Gasteiger partial charge in [0.2, 0.25) is 5.91 Å². The fourth-order valence-corrected chi connectivity index (χ4v) is 3.93. The van der Waals surface area contributed by atoms with Gasteiger partial charge >= 0.3 is 11.9 Å². The van der Waals surface area contributed by atoms with Gasteiger partial charge in [0, 0.05) is 25.6 Å². The van der Waals surface area contributed by atoms with E-state index in [1.165, 1.54) is 30.1 Å². The van der Waals surface area contributed by atoms with Gasteiger partial charge in [0.1, 0.15) is 12.6 Å². The fourth-order valence-electron chi connectivity index (χ4n) is 3.93. The number of amides is 2. The summed E-state index contributed by atoms with van der Waals surface area (Å²) in [4.78, 5) is 41.5. The number of nitrogens with zero attached hydrogens (tertiary/aromatic N) is 2. The molecule has 1 aromatic heterocycles. The van der Waals surface area contributed by atoms with Crippen molar-refractivity contribution in [3.63, 3.8) is 0 Å². The second-order valence-corrected chi connectivity index (χ2v) is 7.40. The van der Waals surface area contributed by atoms with Crippen LogP contribution in [0.5, 0.6) is 0 Å². The Hall–Kier alpha value is -3.56. The van der Waals surface area contributed by atoms with Crippen molar-refractivity contribution in [3.8, 4) is 0 Å². The Balaban J connectivity index is 1.74. The number of H-pyrrole nitrogens is 1. The first-order valence-electron chi connectivity index (χ1n) is 9.56. The number of alkyl halides is 3. The number of halogens is 3. The van der Waals surface area contributed by atoms with Crippen LogP contribution < -0.4 is 11.0 Å². The summed E-state index contributed by atoms with van der Waals surface area (Å²) in [7, 11) is 1.48. The highest BCUT2D eigenvalue weighted by Crippen LogP contribution is 2.26. The molecule has 1 aliphatic rings. The molecule has 10 heteroatoms. The fraction of sp³-hybridized carbons (Fsp3) is 0.286. The lowest BCUT2D eigenvalue weighted by molar-refractivity contribution is -0.140. The molecule has 0 fully saturated rings. The van der Waals surface area contributed by atoms with E-state index in [0.717, 1.165) is 11.1 Å². The van der Waals surface area contributed by atoms with Crippen LogP contribution in [0.15, 0.2) is 47.3 Å². The highest BCUT2D eigenvalue weighted by Gasteiger charge is 2.35. The first kappa shape index (κ1) is 20.7. The Morgan fingerprint density at radius 1 is 1.16 bits per heavy atom. The van der Waals surface area contributed by atoms with Crippen LogP contribution in [0, 0.1) is 0 Å². The zero-order valence-corrected chi connectivity index (χ0v) is 16.5. The molecular formula is C21H19F3N4O3. The molecular weight excluding hydrogens is 413 g/mol. The van der Waals surface area contributed by atoms with Crippen molar-refractivity contribution in [1.29, 1.82) is 0 Å². The lowest BCUT2D eigenvalue weighted by Gasteiger charge is -2.35. The number of imidazole rings is 1. The molecule has 2 heterocycles. The van der Waals surface area contributed by atoms with Crippen molar-refractivity contribution in [3.05, 3.63) is 69.6 Å². The summed E-state index contributed by atoms with van der Waals surface area (Å²) in [5.41, 5.74) is 1.20. The van der Waals surface area contributed by atoms with Gasteiger partial charge in [-0.05, 0) is 29.3 Å². The SMILES string of the molecule is CNC(=O)[C@@H]1Cc2ccccc2CN1C(=O)c1ccc2[nH]c(=O)n(CC(F)(F)F)c2c1. The molecule has 2 amide bonds. The zero-order valence-electron chi connectivity index (χ0n) is 16.5. The molecule has 0 bridgehead atoms. The molecule has 0 unspecified atom stereocenters. The summed E-state index contributed by atoms with van der Waals surface area (Å²) in [6.45, 7) is -1.28. The normalized spacial score (nSPS) is 16.3. The number of nitrogens with one attached hydrogen (secondary N) is 2. The summed E-state index contributed by atoms with van der Waals surface area (Å²) in [5.74, 6) is -0.836. The number of likely N-dealkylation sites (N-methyl/N-ethyl adjacent to an activating group) is 1. The van der Waals surface area contributed by atoms with E-state index in [0.29, 0.717) is 11.0 Å². The molecule has 0 aliphatic carbocycles. The van der Waals surface area contributed by atoms with Crippen LogP contribution >= 0.6 is 0 Å². The third kappa shape index (κ3) is 3.92. The number of hydrogen-bond donors (Lipinski definition) is 2. The molecule has 4 rings (SSSR count). The minimum Gasteiger partial charge on any atom is -0.357 e. The Morgan fingerprint density at radius 3 is 2.55 bits per heavy atom. The number of aromatic nitrogens is 2. The van der Waals surface area contributed by atoms with E-state index >= 15 is 0 Å². The average molecular weight is 432 g/mol. The molecule has 1 aliphatic heterocycles. The van der Waals surface area contributed by atoms with Crippen molar-refractivity contribution in [2.24, 2.45) is 0 Å². The van der Waals surface area contributed by atoms with E-state index < -0.39 is 30.4 Å². The van der Waals surface area contributed by atoms with E-state index in [2.05, 4.69) is 10.3 Å². The van der Waals surface area contributed by atoms with E-state index in [-0.39, 0.29) is 29.0 Å². The van der Waals surface area contributed by atoms with Crippen LogP contribution in [0.1, 0.15) is 21.5 Å². The van der Waals surface area contributed by atoms with Crippen LogP contribution in [0.4, 0.5) is 13.2 Å². The standard InChI is InChI=1S/C21H19F3N4O3/c1-25-18(29)17-8-12-4-2-3-5-14(12)10-27(17)19(30)13-6-7-15-16(9-13)28(20(31)26-15)11-21(22,23)24/h2-7,9,17H,8,10-11H2,1H3,(H,25,29)(H,26,31)/t17-/m0/s1. The molecule has 0 spiro atoms. The van der Waals surface area contributed by atoms with Gasteiger partial charge in [0.15, 0.2) is 0 Å². The summed E-state index contributed by atoms with van der Waals surface area (Å²) in [5, 5.41) is 2.56. The predicted molar refractivity (Wildman–Crippen MR) is 106 cm³/mol. The van der Waals surface area contributed by atoms with Crippen molar-refractivity contribution in [2.45, 2.75) is 31.7 Å². The van der Waals surface area contributed by atoms with Crippen molar-refractivity contribution in [1.82, 2.24) is 19.8 Å². The molecule has 2 aromatic carbocycles. The molecule has 0 saturated carbocycles. The topological polar surface area (TPSA) is 87.2 Å². The Bertz CT molecular complexity index is 1230. The van der Waals surface area contributed by atoms with E-state index in [1.54, 1.807) is 0 Å². The minimum absolute atomic E-state index is 0.0259. The Kier molecular flexibility index (Phi) is 5.08. The zero-order chi connectivity index (χ0) is 22.3. The average Bonchev–Trinajstić information content (AvgIpc) is 3.04. The Morgan fingerprint density at radius 2 is 1.87 bits per heavy atom. The molecule has 0 saturated heterocycles. The second kappa shape index (κ2) is 7.60. The summed E-state index contributed by atoms with van der Waals surface area (Å²) in [6.07, 6.45) is -4.27. The lowest BCUT2D eigenvalue weighted by atomic mass is 9.92. The van der Waals surface area contributed by atoms with Crippen LogP contribution in [0.25, 0.3) is 11.0 Å². The quantitative estimate of drug-likeness (QED) is 0.665. The lowest BCUT2D eigenvalue weighted by Crippen LogP contribution is -2.51. The van der Waals surface area contributed by atoms with E-state index in [4.69, 9.17) is 0 Å². The van der Waals surface area contributed by atoms with Gasteiger partial charge in [0.05, 0.1) is 11.0 Å². The highest BCUT2D eigenvalue weighted by molar-refractivity contribution is 6.00. The van der Waals surface area contributed by atoms with Crippen molar-refractivity contribution < 1.29 is 22.8 Å². The molecule has 2 N–H and O–H groups in total. The molecule has 1 atom stereocenters. The van der Waals surface area contributed by atoms with Crippen molar-refractivity contribution in [2.75, 3.05) is 7.05 Å². The van der Waals surface area contributed by atoms with Crippen LogP contribution in [0.2, 0.25) is 0 Å². The van der Waals surface area contributed by atoms with Gasteiger partial charge in [-0.15, -0.1) is 0 Å². The minimum atomic E-state index is -4.60. The van der Waals surface area contributed by atoms with E-state index in [1.807, 2.05) is 24.3 Å². The maximum Gasteiger partial charge on any atom is 0.406 e. The van der Waals surface area contributed by atoms with Crippen LogP contribution in [-0.4, -0.2) is 45.5 Å². The maximum absolute atomic E-state index is 13.3. The Labute approximate surface area is 174 Å². The van der Waals surface area contributed by atoms with Gasteiger partial charge < -0.3 is 15.2 Å². The monoisotopic (exact) mass is 432 g/mol. The predicted octanol–water partition coefficient (Wildman–Crippen LogP) is 2.21. The molecule has 31 heavy (non-hydrogen) atoms. The summed E-state index contributed by atoms with van der Waals surface area (Å²) in [6, 6.07) is 10.8. The third-order valence-electron chi connectivity index (χ3n) is 5.42. The van der Waals surface area contributed by atoms with Crippen LogP contribution in [0.3, 0.4) is 0 Å². The number of carbonyl (C=O) groups excluding carboxylic acids is 2. The number of aromatic amines is 1. The largest absolute Gasteiger partial charge is 0.406 e. The molecule has 3 aromatic rings. The highest BCUT2D eigenvalue weighted by atomic mass is 19.4. The van der Waals surface area contributed by atoms with Crippen molar-refractivity contribution >= 4 is 22.8 Å². The summed E-state index contributed by atoms with van der Waals surface area (Å²) >= 11 is 0. The van der Waals surface area contributed by atoms with Crippen LogP contribution in [-0.2, 0) is 24.3 Å². The maximum atomic E-state index is 13.3. The van der Waals surface area contributed by atoms with Gasteiger partial charge in [-0.1, -0.05) is 24.3 Å². The second-order valence-electron chi connectivity index (χ2n) is 7.40. The number of benzene rings is 2. The first-order chi connectivity index (χ1) is 14.7. The number of hydrogen-bond acceptors (Lipinski definition) is 3. The van der Waals surface area contributed by atoms with Gasteiger partial charge in [-0.25, -0.2) is 4.79 Å². The number of fused-ring (bicyclic) bond motifs is 2. The number of carbonyl (C=O) groups is 2. The summed E-state index contributed by atoms with van der Waals surface area (Å²) < 4.78 is 39.3. The molecule has 0 radical (unpaired) electrons. The first-order valence-corrected chi connectivity index (χ1v) is 9.56. The van der Waals surface area contributed by atoms with E-state index in [9.17, 15) is 27.6 Å². The van der Waals surface area contributed by atoms with Gasteiger partial charge in [0.25, 0.3) is 5.91 Å². The number of rotatable bonds is 3. The molecule has 7 nitrogen and oxygen atoms in total. The third-order valence-corrected chi connectivity index (χ3v) is 5.42. The van der Waals surface area contributed by atoms with Gasteiger partial charge in [-0.2, -0.15) is 13.2 Å². The molecule has 162 valence electrons. The van der Waals surface area contributed by atoms with Gasteiger partial charge in [-0.3, -0.25) is 14.2 Å².